The first-order chi connectivity index (χ1) is 12.3. The maximum atomic E-state index is 5.80. The zero-order valence-electron chi connectivity index (χ0n) is 14.7. The van der Waals surface area contributed by atoms with Gasteiger partial charge in [-0.25, -0.2) is 0 Å². The van der Waals surface area contributed by atoms with Gasteiger partial charge in [0.05, 0.1) is 13.2 Å². The fourth-order valence-corrected chi connectivity index (χ4v) is 2.96. The van der Waals surface area contributed by atoms with Crippen LogP contribution in [0.5, 0.6) is 0 Å². The summed E-state index contributed by atoms with van der Waals surface area (Å²) in [6, 6.07) is 18.6. The molecule has 2 N–H and O–H groups in total. The lowest BCUT2D eigenvalue weighted by Crippen LogP contribution is -2.35. The van der Waals surface area contributed by atoms with Crippen LogP contribution in [0.4, 0.5) is 0 Å². The first-order valence-electron chi connectivity index (χ1n) is 8.48. The van der Waals surface area contributed by atoms with Gasteiger partial charge in [0.15, 0.2) is 5.11 Å². The highest BCUT2D eigenvalue weighted by molar-refractivity contribution is 7.98. The Morgan fingerprint density at radius 1 is 0.960 bits per heavy atom. The number of rotatable bonds is 10. The van der Waals surface area contributed by atoms with Gasteiger partial charge in [-0.1, -0.05) is 54.6 Å². The Kier molecular flexibility index (Phi) is 9.41. The molecule has 0 atom stereocenters. The molecule has 0 heterocycles. The minimum absolute atomic E-state index is 0.611. The number of thioether (sulfide) groups is 1. The van der Waals surface area contributed by atoms with Gasteiger partial charge < -0.3 is 15.4 Å². The average Bonchev–Trinajstić information content (AvgIpc) is 2.65. The standard InChI is InChI=1S/C20H26N2OS2/c1-25-12-6-11-21-20(24)22-14-18-9-5-10-19(13-18)16-23-15-17-7-3-2-4-8-17/h2-5,7-10,13H,6,11-12,14-16H2,1H3,(H2,21,22,24). The maximum Gasteiger partial charge on any atom is 0.166 e. The molecule has 0 aliphatic carbocycles. The van der Waals surface area contributed by atoms with E-state index in [-0.39, 0.29) is 0 Å². The van der Waals surface area contributed by atoms with Gasteiger partial charge in [-0.05, 0) is 47.3 Å². The van der Waals surface area contributed by atoms with E-state index >= 15 is 0 Å². The predicted octanol–water partition coefficient (Wildman–Crippen LogP) is 4.12. The Morgan fingerprint density at radius 2 is 1.68 bits per heavy atom. The highest BCUT2D eigenvalue weighted by Crippen LogP contribution is 2.09. The van der Waals surface area contributed by atoms with Gasteiger partial charge in [-0.3, -0.25) is 0 Å². The smallest absolute Gasteiger partial charge is 0.166 e. The molecule has 3 nitrogen and oxygen atoms in total. The molecule has 0 radical (unpaired) electrons. The van der Waals surface area contributed by atoms with E-state index in [0.717, 1.165) is 25.3 Å². The van der Waals surface area contributed by atoms with E-state index in [9.17, 15) is 0 Å². The van der Waals surface area contributed by atoms with Crippen LogP contribution in [0.2, 0.25) is 0 Å². The summed E-state index contributed by atoms with van der Waals surface area (Å²) in [4.78, 5) is 0. The number of nitrogens with one attached hydrogen (secondary N) is 2. The molecule has 0 saturated carbocycles. The van der Waals surface area contributed by atoms with Gasteiger partial charge in [0, 0.05) is 13.1 Å². The third kappa shape index (κ3) is 8.38. The van der Waals surface area contributed by atoms with Crippen LogP contribution >= 0.6 is 24.0 Å². The highest BCUT2D eigenvalue weighted by atomic mass is 32.2. The van der Waals surface area contributed by atoms with Crippen LogP contribution in [0.15, 0.2) is 54.6 Å². The minimum atomic E-state index is 0.611. The molecule has 0 bridgehead atoms. The molecular weight excluding hydrogens is 348 g/mol. The third-order valence-corrected chi connectivity index (χ3v) is 4.62. The summed E-state index contributed by atoms with van der Waals surface area (Å²) in [6.07, 6.45) is 3.24. The molecule has 134 valence electrons. The van der Waals surface area contributed by atoms with Gasteiger partial charge in [0.1, 0.15) is 0 Å². The van der Waals surface area contributed by atoms with Crippen molar-refractivity contribution < 1.29 is 4.74 Å². The summed E-state index contributed by atoms with van der Waals surface area (Å²) in [5.41, 5.74) is 3.57. The number of ether oxygens (including phenoxy) is 1. The number of benzene rings is 2. The summed E-state index contributed by atoms with van der Waals surface area (Å²) in [5, 5.41) is 7.21. The van der Waals surface area contributed by atoms with Crippen molar-refractivity contribution in [3.05, 3.63) is 71.3 Å². The van der Waals surface area contributed by atoms with Crippen molar-refractivity contribution in [1.82, 2.24) is 10.6 Å². The van der Waals surface area contributed by atoms with Crippen molar-refractivity contribution in [3.8, 4) is 0 Å². The van der Waals surface area contributed by atoms with E-state index in [0.29, 0.717) is 18.3 Å². The lowest BCUT2D eigenvalue weighted by Gasteiger charge is -2.11. The van der Waals surface area contributed by atoms with Gasteiger partial charge in [0.2, 0.25) is 0 Å². The summed E-state index contributed by atoms with van der Waals surface area (Å²) < 4.78 is 5.80. The fourth-order valence-electron chi connectivity index (χ4n) is 2.35. The van der Waals surface area contributed by atoms with Crippen molar-refractivity contribution in [2.45, 2.75) is 26.2 Å². The van der Waals surface area contributed by atoms with Crippen LogP contribution in [-0.2, 0) is 24.5 Å². The Morgan fingerprint density at radius 3 is 2.48 bits per heavy atom. The Labute approximate surface area is 160 Å². The second kappa shape index (κ2) is 11.9. The lowest BCUT2D eigenvalue weighted by atomic mass is 10.1. The van der Waals surface area contributed by atoms with Crippen molar-refractivity contribution in [2.75, 3.05) is 18.6 Å². The maximum absolute atomic E-state index is 5.80. The van der Waals surface area contributed by atoms with Crippen LogP contribution in [0, 0.1) is 0 Å². The van der Waals surface area contributed by atoms with Gasteiger partial charge in [0.25, 0.3) is 0 Å². The largest absolute Gasteiger partial charge is 0.372 e. The summed E-state index contributed by atoms with van der Waals surface area (Å²) in [5.74, 6) is 1.15. The normalized spacial score (nSPS) is 10.4. The first kappa shape index (κ1) is 19.8. The van der Waals surface area contributed by atoms with Crippen molar-refractivity contribution in [1.29, 1.82) is 0 Å². The Balaban J connectivity index is 1.70. The molecule has 25 heavy (non-hydrogen) atoms. The van der Waals surface area contributed by atoms with Crippen LogP contribution in [0.1, 0.15) is 23.1 Å². The molecule has 0 aliphatic rings. The molecular formula is C20H26N2OS2. The lowest BCUT2D eigenvalue weighted by molar-refractivity contribution is 0.107. The Hall–Kier alpha value is -1.56. The van der Waals surface area contributed by atoms with Crippen molar-refractivity contribution >= 4 is 29.1 Å². The van der Waals surface area contributed by atoms with E-state index < -0.39 is 0 Å². The van der Waals surface area contributed by atoms with Crippen LogP contribution in [-0.4, -0.2) is 23.7 Å². The monoisotopic (exact) mass is 374 g/mol. The first-order valence-corrected chi connectivity index (χ1v) is 10.3. The molecule has 0 saturated heterocycles. The van der Waals surface area contributed by atoms with E-state index in [1.165, 1.54) is 16.7 Å². The molecule has 0 aliphatic heterocycles. The SMILES string of the molecule is CSCCCNC(=S)NCc1cccc(COCc2ccccc2)c1. The molecule has 0 amide bonds. The van der Waals surface area contributed by atoms with Gasteiger partial charge in [-0.2, -0.15) is 11.8 Å². The fraction of sp³-hybridized carbons (Fsp3) is 0.350. The van der Waals surface area contributed by atoms with Crippen molar-refractivity contribution in [2.24, 2.45) is 0 Å². The zero-order chi connectivity index (χ0) is 17.7. The Bertz CT molecular complexity index is 635. The highest BCUT2D eigenvalue weighted by Gasteiger charge is 2.00. The molecule has 5 heteroatoms. The molecule has 0 unspecified atom stereocenters. The summed E-state index contributed by atoms with van der Waals surface area (Å²) in [6.45, 7) is 2.88. The number of thiocarbonyl (C=S) groups is 1. The molecule has 2 aromatic carbocycles. The zero-order valence-corrected chi connectivity index (χ0v) is 16.3. The second-order valence-electron chi connectivity index (χ2n) is 5.75. The topological polar surface area (TPSA) is 33.3 Å². The second-order valence-corrected chi connectivity index (χ2v) is 7.15. The van der Waals surface area contributed by atoms with Gasteiger partial charge in [-0.15, -0.1) is 0 Å². The van der Waals surface area contributed by atoms with E-state index in [1.54, 1.807) is 0 Å². The van der Waals surface area contributed by atoms with E-state index in [4.69, 9.17) is 17.0 Å². The molecule has 2 rings (SSSR count). The molecule has 0 fully saturated rings. The molecule has 0 spiro atoms. The van der Waals surface area contributed by atoms with Crippen LogP contribution < -0.4 is 10.6 Å². The predicted molar refractivity (Wildman–Crippen MR) is 112 cm³/mol. The van der Waals surface area contributed by atoms with Gasteiger partial charge >= 0.3 is 0 Å². The van der Waals surface area contributed by atoms with Crippen LogP contribution in [0.3, 0.4) is 0 Å². The quantitative estimate of drug-likeness (QED) is 0.483. The average molecular weight is 375 g/mol. The molecule has 2 aromatic rings. The van der Waals surface area contributed by atoms with E-state index in [1.807, 2.05) is 30.0 Å². The third-order valence-electron chi connectivity index (χ3n) is 3.64. The van der Waals surface area contributed by atoms with E-state index in [2.05, 4.69) is 53.3 Å². The summed E-state index contributed by atoms with van der Waals surface area (Å²) in [7, 11) is 0. The molecule has 0 aromatic heterocycles. The van der Waals surface area contributed by atoms with Crippen LogP contribution in [0.25, 0.3) is 0 Å². The number of hydrogen-bond donors (Lipinski definition) is 2. The summed E-state index contributed by atoms with van der Waals surface area (Å²) >= 11 is 7.16. The number of hydrogen-bond acceptors (Lipinski definition) is 3. The minimum Gasteiger partial charge on any atom is -0.372 e. The van der Waals surface area contributed by atoms with Crippen molar-refractivity contribution in [3.63, 3.8) is 0 Å².